The van der Waals surface area contributed by atoms with Crippen molar-refractivity contribution in [2.24, 2.45) is 0 Å². The smallest absolute Gasteiger partial charge is 0.245 e. The SMILES string of the molecule is O=C(C1CCCN1c1ccccn1)N1CCc2oncc2C1. The van der Waals surface area contributed by atoms with Gasteiger partial charge < -0.3 is 14.3 Å². The third kappa shape index (κ3) is 2.24. The molecule has 1 saturated heterocycles. The molecule has 2 aromatic rings. The quantitative estimate of drug-likeness (QED) is 0.843. The maximum absolute atomic E-state index is 12.9. The van der Waals surface area contributed by atoms with Crippen LogP contribution < -0.4 is 4.90 Å². The van der Waals surface area contributed by atoms with E-state index in [0.29, 0.717) is 13.1 Å². The number of amides is 1. The van der Waals surface area contributed by atoms with Crippen LogP contribution in [-0.4, -0.2) is 40.1 Å². The molecule has 4 heterocycles. The van der Waals surface area contributed by atoms with Crippen LogP contribution in [0.5, 0.6) is 0 Å². The summed E-state index contributed by atoms with van der Waals surface area (Å²) in [6.07, 6.45) is 6.17. The molecular weight excluding hydrogens is 280 g/mol. The second-order valence-electron chi connectivity index (χ2n) is 5.82. The first-order valence-corrected chi connectivity index (χ1v) is 7.72. The van der Waals surface area contributed by atoms with Gasteiger partial charge in [0.1, 0.15) is 17.6 Å². The Morgan fingerprint density at radius 3 is 3.14 bits per heavy atom. The number of nitrogens with zero attached hydrogens (tertiary/aromatic N) is 4. The van der Waals surface area contributed by atoms with E-state index in [2.05, 4.69) is 15.0 Å². The van der Waals surface area contributed by atoms with E-state index in [-0.39, 0.29) is 11.9 Å². The Balaban J connectivity index is 1.53. The van der Waals surface area contributed by atoms with Crippen LogP contribution in [0.3, 0.4) is 0 Å². The summed E-state index contributed by atoms with van der Waals surface area (Å²) in [5.74, 6) is 1.99. The fourth-order valence-electron chi connectivity index (χ4n) is 3.36. The van der Waals surface area contributed by atoms with Crippen molar-refractivity contribution in [1.82, 2.24) is 15.0 Å². The van der Waals surface area contributed by atoms with Gasteiger partial charge in [-0.1, -0.05) is 11.2 Å². The first-order valence-electron chi connectivity index (χ1n) is 7.72. The first kappa shape index (κ1) is 13.3. The molecule has 0 spiro atoms. The average Bonchev–Trinajstić information content (AvgIpc) is 3.23. The third-order valence-corrected chi connectivity index (χ3v) is 4.49. The molecule has 0 aromatic carbocycles. The normalized spacial score (nSPS) is 21.0. The molecule has 114 valence electrons. The molecular formula is C16H18N4O2. The van der Waals surface area contributed by atoms with Crippen molar-refractivity contribution in [2.45, 2.75) is 31.8 Å². The summed E-state index contributed by atoms with van der Waals surface area (Å²) in [6.45, 7) is 2.19. The molecule has 0 radical (unpaired) electrons. The lowest BCUT2D eigenvalue weighted by atomic mass is 10.1. The molecule has 6 heteroatoms. The van der Waals surface area contributed by atoms with E-state index in [4.69, 9.17) is 4.52 Å². The highest BCUT2D eigenvalue weighted by molar-refractivity contribution is 5.85. The molecule has 1 amide bonds. The molecule has 0 aliphatic carbocycles. The fraction of sp³-hybridized carbons (Fsp3) is 0.438. The van der Waals surface area contributed by atoms with Gasteiger partial charge >= 0.3 is 0 Å². The molecule has 0 saturated carbocycles. The van der Waals surface area contributed by atoms with Gasteiger partial charge in [0.05, 0.1) is 12.7 Å². The molecule has 2 aliphatic heterocycles. The Morgan fingerprint density at radius 2 is 2.27 bits per heavy atom. The maximum Gasteiger partial charge on any atom is 0.245 e. The predicted molar refractivity (Wildman–Crippen MR) is 80.2 cm³/mol. The molecule has 1 unspecified atom stereocenters. The summed E-state index contributed by atoms with van der Waals surface area (Å²) in [5, 5.41) is 3.82. The number of pyridine rings is 1. The number of aromatic nitrogens is 2. The number of carbonyl (C=O) groups is 1. The molecule has 1 fully saturated rings. The lowest BCUT2D eigenvalue weighted by molar-refractivity contribution is -0.133. The van der Waals surface area contributed by atoms with Gasteiger partial charge in [0, 0.05) is 31.3 Å². The molecule has 6 nitrogen and oxygen atoms in total. The summed E-state index contributed by atoms with van der Waals surface area (Å²) in [7, 11) is 0. The van der Waals surface area contributed by atoms with Crippen molar-refractivity contribution in [1.29, 1.82) is 0 Å². The monoisotopic (exact) mass is 298 g/mol. The largest absolute Gasteiger partial charge is 0.361 e. The standard InChI is InChI=1S/C16H18N4O2/c21-16(19-9-6-14-12(11-19)10-18-22-14)13-4-3-8-20(13)15-5-1-2-7-17-15/h1-2,5,7,10,13H,3-4,6,8-9,11H2. The summed E-state index contributed by atoms with van der Waals surface area (Å²) in [4.78, 5) is 21.4. The molecule has 0 N–H and O–H groups in total. The van der Waals surface area contributed by atoms with Gasteiger partial charge in [0.15, 0.2) is 0 Å². The molecule has 2 aliphatic rings. The van der Waals surface area contributed by atoms with Gasteiger partial charge in [-0.25, -0.2) is 4.98 Å². The van der Waals surface area contributed by atoms with Crippen molar-refractivity contribution >= 4 is 11.7 Å². The van der Waals surface area contributed by atoms with E-state index in [0.717, 1.165) is 42.9 Å². The van der Waals surface area contributed by atoms with E-state index in [1.54, 1.807) is 12.4 Å². The lowest BCUT2D eigenvalue weighted by Gasteiger charge is -2.32. The van der Waals surface area contributed by atoms with Gasteiger partial charge in [-0.15, -0.1) is 0 Å². The number of hydrogen-bond donors (Lipinski definition) is 0. The zero-order chi connectivity index (χ0) is 14.9. The maximum atomic E-state index is 12.9. The summed E-state index contributed by atoms with van der Waals surface area (Å²) < 4.78 is 5.19. The van der Waals surface area contributed by atoms with Crippen molar-refractivity contribution in [3.8, 4) is 0 Å². The Morgan fingerprint density at radius 1 is 1.32 bits per heavy atom. The zero-order valence-electron chi connectivity index (χ0n) is 12.3. The minimum atomic E-state index is -0.101. The van der Waals surface area contributed by atoms with Crippen LogP contribution in [0.2, 0.25) is 0 Å². The summed E-state index contributed by atoms with van der Waals surface area (Å²) in [6, 6.07) is 5.73. The van der Waals surface area contributed by atoms with Crippen LogP contribution in [0.15, 0.2) is 35.1 Å². The summed E-state index contributed by atoms with van der Waals surface area (Å²) in [5.41, 5.74) is 1.03. The first-order chi connectivity index (χ1) is 10.8. The number of anilines is 1. The van der Waals surface area contributed by atoms with Gasteiger partial charge in [0.25, 0.3) is 0 Å². The highest BCUT2D eigenvalue weighted by Crippen LogP contribution is 2.27. The van der Waals surface area contributed by atoms with E-state index in [1.807, 2.05) is 23.1 Å². The Kier molecular flexibility index (Phi) is 3.29. The van der Waals surface area contributed by atoms with Gasteiger partial charge in [-0.05, 0) is 25.0 Å². The Bertz CT molecular complexity index is 670. The average molecular weight is 298 g/mol. The number of carbonyl (C=O) groups excluding carboxylic acids is 1. The van der Waals surface area contributed by atoms with Crippen LogP contribution in [0.4, 0.5) is 5.82 Å². The van der Waals surface area contributed by atoms with E-state index < -0.39 is 0 Å². The van der Waals surface area contributed by atoms with Crippen LogP contribution in [0, 0.1) is 0 Å². The highest BCUT2D eigenvalue weighted by atomic mass is 16.5. The second kappa shape index (κ2) is 5.44. The molecule has 2 aromatic heterocycles. The van der Waals surface area contributed by atoms with E-state index in [1.165, 1.54) is 0 Å². The lowest BCUT2D eigenvalue weighted by Crippen LogP contribution is -2.47. The van der Waals surface area contributed by atoms with Crippen LogP contribution >= 0.6 is 0 Å². The fourth-order valence-corrected chi connectivity index (χ4v) is 3.36. The van der Waals surface area contributed by atoms with Crippen LogP contribution in [0.1, 0.15) is 24.2 Å². The minimum absolute atomic E-state index is 0.101. The van der Waals surface area contributed by atoms with Gasteiger partial charge in [-0.3, -0.25) is 4.79 Å². The number of fused-ring (bicyclic) bond motifs is 1. The molecule has 4 rings (SSSR count). The van der Waals surface area contributed by atoms with Crippen molar-refractivity contribution in [3.63, 3.8) is 0 Å². The Labute approximate surface area is 128 Å². The van der Waals surface area contributed by atoms with Gasteiger partial charge in [-0.2, -0.15) is 0 Å². The molecule has 22 heavy (non-hydrogen) atoms. The van der Waals surface area contributed by atoms with E-state index in [9.17, 15) is 4.79 Å². The summed E-state index contributed by atoms with van der Waals surface area (Å²) >= 11 is 0. The van der Waals surface area contributed by atoms with Gasteiger partial charge in [0.2, 0.25) is 5.91 Å². The third-order valence-electron chi connectivity index (χ3n) is 4.49. The zero-order valence-corrected chi connectivity index (χ0v) is 12.3. The highest BCUT2D eigenvalue weighted by Gasteiger charge is 2.36. The second-order valence-corrected chi connectivity index (χ2v) is 5.82. The number of hydrogen-bond acceptors (Lipinski definition) is 5. The topological polar surface area (TPSA) is 62.5 Å². The molecule has 1 atom stereocenters. The minimum Gasteiger partial charge on any atom is -0.361 e. The Hall–Kier alpha value is -2.37. The van der Waals surface area contributed by atoms with Crippen molar-refractivity contribution in [3.05, 3.63) is 41.9 Å². The van der Waals surface area contributed by atoms with Crippen LogP contribution in [-0.2, 0) is 17.8 Å². The van der Waals surface area contributed by atoms with Crippen molar-refractivity contribution in [2.75, 3.05) is 18.0 Å². The van der Waals surface area contributed by atoms with E-state index >= 15 is 0 Å². The van der Waals surface area contributed by atoms with Crippen molar-refractivity contribution < 1.29 is 9.32 Å². The number of rotatable bonds is 2. The van der Waals surface area contributed by atoms with Crippen LogP contribution in [0.25, 0.3) is 0 Å². The predicted octanol–water partition coefficient (Wildman–Crippen LogP) is 1.62. The molecule has 0 bridgehead atoms.